The number of alkyl carbamates (subject to hydrolysis) is 1. The van der Waals surface area contributed by atoms with Crippen molar-refractivity contribution in [3.8, 4) is 0 Å². The van der Waals surface area contributed by atoms with E-state index in [4.69, 9.17) is 4.74 Å². The maximum atomic E-state index is 13.9. The third-order valence-electron chi connectivity index (χ3n) is 7.70. The number of carboxylic acids is 1. The summed E-state index contributed by atoms with van der Waals surface area (Å²) < 4.78 is 36.0. The maximum absolute atomic E-state index is 13.9. The first-order chi connectivity index (χ1) is 20.4. The van der Waals surface area contributed by atoms with E-state index in [1.54, 1.807) is 33.0 Å². The molecule has 0 bridgehead atoms. The highest BCUT2D eigenvalue weighted by atomic mass is 19.3. The van der Waals surface area contributed by atoms with Gasteiger partial charge in [0.25, 0.3) is 12.3 Å². The number of hydrogen-bond donors (Lipinski definition) is 3. The lowest BCUT2D eigenvalue weighted by atomic mass is 9.86. The lowest BCUT2D eigenvalue weighted by Gasteiger charge is -2.34. The molecule has 0 aromatic carbocycles. The van der Waals surface area contributed by atoms with Gasteiger partial charge in [0.15, 0.2) is 11.3 Å². The number of piperidine rings is 1. The quantitative estimate of drug-likeness (QED) is 0.356. The van der Waals surface area contributed by atoms with Gasteiger partial charge in [0.1, 0.15) is 17.0 Å². The second-order valence-corrected chi connectivity index (χ2v) is 12.1. The summed E-state index contributed by atoms with van der Waals surface area (Å²) in [6.07, 6.45) is 4.35. The highest BCUT2D eigenvalue weighted by Crippen LogP contribution is 2.35. The van der Waals surface area contributed by atoms with Crippen LogP contribution in [-0.2, 0) is 9.53 Å². The van der Waals surface area contributed by atoms with Crippen molar-refractivity contribution in [3.05, 3.63) is 35.9 Å². The second-order valence-electron chi connectivity index (χ2n) is 12.1. The Bertz CT molecular complexity index is 1490. The topological polar surface area (TPSA) is 156 Å². The molecule has 0 radical (unpaired) electrons. The molecule has 2 fully saturated rings. The Morgan fingerprint density at radius 1 is 1.14 bits per heavy atom. The smallest absolute Gasteiger partial charge is 0.407 e. The summed E-state index contributed by atoms with van der Waals surface area (Å²) in [6, 6.07) is 1.37. The summed E-state index contributed by atoms with van der Waals surface area (Å²) >= 11 is 0. The number of amides is 2. The molecule has 15 heteroatoms. The molecule has 1 saturated carbocycles. The third-order valence-corrected chi connectivity index (χ3v) is 7.70. The molecule has 1 saturated heterocycles. The minimum absolute atomic E-state index is 0.0947. The molecular weight excluding hydrogens is 566 g/mol. The Hall–Kier alpha value is -4.30. The number of carboxylic acid groups (broad SMARTS) is 1. The average Bonchev–Trinajstić information content (AvgIpc) is 3.56. The maximum Gasteiger partial charge on any atom is 0.407 e. The van der Waals surface area contributed by atoms with Crippen LogP contribution in [0.3, 0.4) is 0 Å². The van der Waals surface area contributed by atoms with Crippen molar-refractivity contribution in [2.45, 2.75) is 83.4 Å². The predicted octanol–water partition coefficient (Wildman–Crippen LogP) is 4.43. The second kappa shape index (κ2) is 12.1. The zero-order valence-electron chi connectivity index (χ0n) is 24.3. The molecule has 3 aromatic rings. The molecule has 232 valence electrons. The molecule has 4 heterocycles. The van der Waals surface area contributed by atoms with Crippen LogP contribution in [0, 0.1) is 5.92 Å². The van der Waals surface area contributed by atoms with Gasteiger partial charge in [0.05, 0.1) is 23.8 Å². The van der Waals surface area contributed by atoms with Crippen molar-refractivity contribution in [2.75, 3.05) is 23.3 Å². The molecule has 0 spiro atoms. The van der Waals surface area contributed by atoms with Gasteiger partial charge in [-0.05, 0) is 65.4 Å². The number of anilines is 2. The van der Waals surface area contributed by atoms with E-state index in [1.165, 1.54) is 21.6 Å². The van der Waals surface area contributed by atoms with Crippen molar-refractivity contribution in [1.82, 2.24) is 29.7 Å². The number of alkyl halides is 2. The SMILES string of the molecule is CC(C)(C)OC(=O)N[C@@H]1CCCN(c2ccn3ncc(C(=O)Nc4cn(C5CCC(C(=O)O)CC5)nc4C(F)F)c3n2)C1. The van der Waals surface area contributed by atoms with Gasteiger partial charge in [0.2, 0.25) is 0 Å². The predicted molar refractivity (Wildman–Crippen MR) is 151 cm³/mol. The van der Waals surface area contributed by atoms with Crippen LogP contribution in [0.5, 0.6) is 0 Å². The number of nitrogens with one attached hydrogen (secondary N) is 2. The van der Waals surface area contributed by atoms with E-state index < -0.39 is 41.6 Å². The number of carbonyl (C=O) groups excluding carboxylic acids is 2. The number of carbonyl (C=O) groups is 3. The first-order valence-corrected chi connectivity index (χ1v) is 14.4. The van der Waals surface area contributed by atoms with E-state index in [-0.39, 0.29) is 29.0 Å². The van der Waals surface area contributed by atoms with Crippen LogP contribution in [0.1, 0.15) is 87.8 Å². The van der Waals surface area contributed by atoms with Gasteiger partial charge in [-0.1, -0.05) is 0 Å². The van der Waals surface area contributed by atoms with Gasteiger partial charge in [-0.3, -0.25) is 14.3 Å². The van der Waals surface area contributed by atoms with Crippen LogP contribution in [0.15, 0.2) is 24.7 Å². The highest BCUT2D eigenvalue weighted by Gasteiger charge is 2.30. The van der Waals surface area contributed by atoms with Gasteiger partial charge in [-0.2, -0.15) is 10.2 Å². The highest BCUT2D eigenvalue weighted by molar-refractivity contribution is 6.08. The zero-order chi connectivity index (χ0) is 30.9. The van der Waals surface area contributed by atoms with Crippen molar-refractivity contribution in [1.29, 1.82) is 0 Å². The average molecular weight is 603 g/mol. The van der Waals surface area contributed by atoms with Crippen molar-refractivity contribution < 1.29 is 33.0 Å². The van der Waals surface area contributed by atoms with E-state index in [9.17, 15) is 28.3 Å². The van der Waals surface area contributed by atoms with Crippen LogP contribution in [0.25, 0.3) is 5.65 Å². The lowest BCUT2D eigenvalue weighted by molar-refractivity contribution is -0.143. The monoisotopic (exact) mass is 602 g/mol. The first-order valence-electron chi connectivity index (χ1n) is 14.4. The van der Waals surface area contributed by atoms with Crippen LogP contribution in [-0.4, -0.2) is 72.2 Å². The van der Waals surface area contributed by atoms with Crippen molar-refractivity contribution in [2.24, 2.45) is 5.92 Å². The van der Waals surface area contributed by atoms with Crippen LogP contribution >= 0.6 is 0 Å². The van der Waals surface area contributed by atoms with Crippen LogP contribution in [0.2, 0.25) is 0 Å². The van der Waals surface area contributed by atoms with E-state index in [1.807, 2.05) is 4.90 Å². The van der Waals surface area contributed by atoms with E-state index in [0.717, 1.165) is 12.8 Å². The summed E-state index contributed by atoms with van der Waals surface area (Å²) in [5, 5.41) is 22.9. The largest absolute Gasteiger partial charge is 0.481 e. The fourth-order valence-electron chi connectivity index (χ4n) is 5.60. The van der Waals surface area contributed by atoms with E-state index >= 15 is 0 Å². The number of nitrogens with zero attached hydrogens (tertiary/aromatic N) is 6. The summed E-state index contributed by atoms with van der Waals surface area (Å²) in [5.74, 6) is -1.40. The molecule has 0 unspecified atom stereocenters. The number of halogens is 2. The summed E-state index contributed by atoms with van der Waals surface area (Å²) in [7, 11) is 0. The first kappa shape index (κ1) is 30.2. The van der Waals surface area contributed by atoms with E-state index in [2.05, 4.69) is 25.8 Å². The van der Waals surface area contributed by atoms with Gasteiger partial charge < -0.3 is 25.4 Å². The summed E-state index contributed by atoms with van der Waals surface area (Å²) in [4.78, 5) is 43.5. The Morgan fingerprint density at radius 3 is 2.56 bits per heavy atom. The summed E-state index contributed by atoms with van der Waals surface area (Å²) in [6.45, 7) is 6.58. The molecule has 2 aliphatic rings. The molecule has 1 aliphatic heterocycles. The Morgan fingerprint density at radius 2 is 1.88 bits per heavy atom. The molecule has 5 rings (SSSR count). The van der Waals surface area contributed by atoms with Gasteiger partial charge in [-0.15, -0.1) is 0 Å². The number of ether oxygens (including phenoxy) is 1. The minimum atomic E-state index is -2.93. The fourth-order valence-corrected chi connectivity index (χ4v) is 5.60. The minimum Gasteiger partial charge on any atom is -0.481 e. The molecule has 2 amide bonds. The van der Waals surface area contributed by atoms with Crippen LogP contribution < -0.4 is 15.5 Å². The Labute approximate surface area is 246 Å². The van der Waals surface area contributed by atoms with Crippen molar-refractivity contribution >= 4 is 35.1 Å². The van der Waals surface area contributed by atoms with Gasteiger partial charge in [0, 0.05) is 31.5 Å². The molecule has 1 aliphatic carbocycles. The van der Waals surface area contributed by atoms with E-state index in [0.29, 0.717) is 44.6 Å². The molecule has 3 aromatic heterocycles. The zero-order valence-corrected chi connectivity index (χ0v) is 24.3. The van der Waals surface area contributed by atoms with Crippen LogP contribution in [0.4, 0.5) is 25.1 Å². The molecule has 1 atom stereocenters. The number of aliphatic carboxylic acids is 1. The lowest BCUT2D eigenvalue weighted by Crippen LogP contribution is -2.49. The fraction of sp³-hybridized carbons (Fsp3) is 0.571. The Kier molecular flexibility index (Phi) is 8.51. The van der Waals surface area contributed by atoms with Crippen molar-refractivity contribution in [3.63, 3.8) is 0 Å². The number of fused-ring (bicyclic) bond motifs is 1. The Balaban J connectivity index is 1.30. The van der Waals surface area contributed by atoms with Gasteiger partial charge >= 0.3 is 12.1 Å². The molecule has 43 heavy (non-hydrogen) atoms. The summed E-state index contributed by atoms with van der Waals surface area (Å²) in [5.41, 5.74) is -0.952. The number of hydrogen-bond acceptors (Lipinski definition) is 8. The normalized spacial score (nSPS) is 21.2. The number of rotatable bonds is 7. The number of aromatic nitrogens is 5. The molecule has 13 nitrogen and oxygen atoms in total. The standard InChI is InChI=1S/C28H36F2N8O5/c1-28(2,3)43-27(42)32-17-5-4-11-36(14-17)21-10-12-37-24(34-21)19(13-31-37)25(39)33-20-15-38(35-22(20)23(29)30)18-8-6-16(7-9-18)26(40)41/h10,12-13,15-18,23H,4-9,11,14H2,1-3H3,(H,32,42)(H,33,39)(H,40,41)/t16?,17-,18?/m1/s1. The molecule has 3 N–H and O–H groups in total. The molecular formula is C28H36F2N8O5. The van der Waals surface area contributed by atoms with Gasteiger partial charge in [-0.25, -0.2) is 23.1 Å². The third kappa shape index (κ3) is 7.03.